The Hall–Kier alpha value is -1.54. The van der Waals surface area contributed by atoms with Gasteiger partial charge in [-0.15, -0.1) is 10.2 Å². The number of nitrogens with one attached hydrogen (secondary N) is 1. The zero-order valence-corrected chi connectivity index (χ0v) is 20.4. The van der Waals surface area contributed by atoms with Crippen LogP contribution in [0, 0.1) is 0 Å². The highest BCUT2D eigenvalue weighted by Gasteiger charge is 2.15. The summed E-state index contributed by atoms with van der Waals surface area (Å²) < 4.78 is 9.03. The van der Waals surface area contributed by atoms with Gasteiger partial charge in [0.2, 0.25) is 5.91 Å². The third-order valence-electron chi connectivity index (χ3n) is 4.61. The number of nitrogens with zero attached hydrogens (tertiary/aromatic N) is 3. The molecule has 0 aliphatic carbocycles. The monoisotopic (exact) mass is 496 g/mol. The van der Waals surface area contributed by atoms with E-state index in [0.717, 1.165) is 40.6 Å². The number of carbonyl (C=O) groups excluding carboxylic acids is 1. The van der Waals surface area contributed by atoms with Gasteiger partial charge in [0.25, 0.3) is 0 Å². The molecule has 0 spiro atoms. The molecule has 2 aromatic rings. The molecule has 0 bridgehead atoms. The highest BCUT2D eigenvalue weighted by molar-refractivity contribution is 9.10. The minimum Gasteiger partial charge on any atom is -0.486 e. The number of hydrogen-bond acceptors (Lipinski definition) is 5. The average molecular weight is 498 g/mol. The van der Waals surface area contributed by atoms with E-state index < -0.39 is 0 Å². The lowest BCUT2D eigenvalue weighted by atomic mass is 10.1. The fraction of sp³-hybridized carbons (Fsp3) is 0.591. The van der Waals surface area contributed by atoms with Gasteiger partial charge >= 0.3 is 0 Å². The number of carbonyl (C=O) groups is 1. The topological polar surface area (TPSA) is 69.0 Å². The highest BCUT2D eigenvalue weighted by atomic mass is 79.9. The van der Waals surface area contributed by atoms with Gasteiger partial charge in [-0.3, -0.25) is 4.79 Å². The first kappa shape index (κ1) is 24.7. The Balaban J connectivity index is 1.96. The third-order valence-corrected chi connectivity index (χ3v) is 6.11. The fourth-order valence-electron chi connectivity index (χ4n) is 2.93. The molecule has 0 atom stereocenters. The second-order valence-electron chi connectivity index (χ2n) is 7.20. The zero-order chi connectivity index (χ0) is 21.6. The summed E-state index contributed by atoms with van der Waals surface area (Å²) in [5.41, 5.74) is 0. The summed E-state index contributed by atoms with van der Waals surface area (Å²) in [4.78, 5) is 12.0. The van der Waals surface area contributed by atoms with E-state index in [1.807, 2.05) is 31.2 Å². The van der Waals surface area contributed by atoms with Crippen LogP contribution in [0.1, 0.15) is 64.6 Å². The number of ether oxygens (including phenoxy) is 1. The van der Waals surface area contributed by atoms with Crippen LogP contribution in [0.15, 0.2) is 33.9 Å². The maximum atomic E-state index is 12.0. The predicted octanol–water partition coefficient (Wildman–Crippen LogP) is 5.60. The van der Waals surface area contributed by atoms with Crippen LogP contribution in [0.5, 0.6) is 5.75 Å². The molecule has 0 saturated carbocycles. The van der Waals surface area contributed by atoms with Gasteiger partial charge in [-0.1, -0.05) is 73.6 Å². The molecule has 0 unspecified atom stereocenters. The highest BCUT2D eigenvalue weighted by Crippen LogP contribution is 2.21. The Labute approximate surface area is 192 Å². The van der Waals surface area contributed by atoms with Crippen molar-refractivity contribution in [2.75, 3.05) is 12.3 Å². The van der Waals surface area contributed by atoms with Gasteiger partial charge in [-0.2, -0.15) is 0 Å². The van der Waals surface area contributed by atoms with Crippen molar-refractivity contribution < 1.29 is 9.53 Å². The van der Waals surface area contributed by atoms with E-state index >= 15 is 0 Å². The molecular formula is C22H33BrN4O2S. The number of hydrogen-bond donors (Lipinski definition) is 1. The first-order valence-corrected chi connectivity index (χ1v) is 12.6. The van der Waals surface area contributed by atoms with E-state index in [2.05, 4.69) is 42.9 Å². The normalized spacial score (nSPS) is 10.9. The van der Waals surface area contributed by atoms with E-state index in [-0.39, 0.29) is 5.91 Å². The standard InChI is InChI=1S/C22H33BrN4O2S/c1-3-5-6-7-8-9-15-27-20(16-29-19-12-10-18(23)11-13-19)25-26-22(27)30-17-21(28)24-14-4-2/h10-13H,3-9,14-17H2,1-2H3,(H,24,28). The summed E-state index contributed by atoms with van der Waals surface area (Å²) in [6.45, 7) is 6.18. The van der Waals surface area contributed by atoms with Crippen LogP contribution in [-0.2, 0) is 17.9 Å². The predicted molar refractivity (Wildman–Crippen MR) is 126 cm³/mol. The van der Waals surface area contributed by atoms with E-state index in [1.54, 1.807) is 0 Å². The molecule has 8 heteroatoms. The molecule has 1 aromatic heterocycles. The summed E-state index contributed by atoms with van der Waals surface area (Å²) >= 11 is 4.87. The molecule has 6 nitrogen and oxygen atoms in total. The van der Waals surface area contributed by atoms with Crippen molar-refractivity contribution in [1.82, 2.24) is 20.1 Å². The van der Waals surface area contributed by atoms with E-state index in [9.17, 15) is 4.79 Å². The van der Waals surface area contributed by atoms with E-state index in [1.165, 1.54) is 43.9 Å². The molecule has 2 rings (SSSR count). The van der Waals surface area contributed by atoms with Gasteiger partial charge in [-0.25, -0.2) is 0 Å². The van der Waals surface area contributed by atoms with Crippen molar-refractivity contribution in [3.8, 4) is 5.75 Å². The molecule has 166 valence electrons. The molecule has 0 radical (unpaired) electrons. The van der Waals surface area contributed by atoms with Gasteiger partial charge in [0.05, 0.1) is 5.75 Å². The second kappa shape index (κ2) is 14.5. The Morgan fingerprint density at radius 3 is 2.53 bits per heavy atom. The first-order valence-electron chi connectivity index (χ1n) is 10.8. The Morgan fingerprint density at radius 1 is 1.07 bits per heavy atom. The van der Waals surface area contributed by atoms with Crippen LogP contribution in [0.25, 0.3) is 0 Å². The summed E-state index contributed by atoms with van der Waals surface area (Å²) in [5.74, 6) is 1.97. The minimum absolute atomic E-state index is 0.0311. The van der Waals surface area contributed by atoms with Crippen LogP contribution in [-0.4, -0.2) is 33.0 Å². The molecule has 0 aliphatic heterocycles. The molecule has 0 aliphatic rings. The molecule has 1 heterocycles. The van der Waals surface area contributed by atoms with Crippen LogP contribution >= 0.6 is 27.7 Å². The Kier molecular flexibility index (Phi) is 11.9. The number of amides is 1. The van der Waals surface area contributed by atoms with E-state index in [0.29, 0.717) is 18.9 Å². The van der Waals surface area contributed by atoms with Gasteiger partial charge in [0.1, 0.15) is 12.4 Å². The lowest BCUT2D eigenvalue weighted by Gasteiger charge is -2.11. The average Bonchev–Trinajstić information content (AvgIpc) is 3.14. The zero-order valence-electron chi connectivity index (χ0n) is 18.0. The van der Waals surface area contributed by atoms with Crippen molar-refractivity contribution in [2.24, 2.45) is 0 Å². The summed E-state index contributed by atoms with van der Waals surface area (Å²) in [5, 5.41) is 12.4. The van der Waals surface area contributed by atoms with Crippen LogP contribution in [0.3, 0.4) is 0 Å². The number of benzene rings is 1. The van der Waals surface area contributed by atoms with Crippen LogP contribution < -0.4 is 10.1 Å². The van der Waals surface area contributed by atoms with Crippen molar-refractivity contribution in [2.45, 2.75) is 77.1 Å². The van der Waals surface area contributed by atoms with Crippen molar-refractivity contribution in [1.29, 1.82) is 0 Å². The SMILES string of the molecule is CCCCCCCCn1c(COc2ccc(Br)cc2)nnc1SCC(=O)NCCC. The number of halogens is 1. The third kappa shape index (κ3) is 9.08. The molecule has 1 amide bonds. The summed E-state index contributed by atoms with van der Waals surface area (Å²) in [6.07, 6.45) is 8.29. The molecular weight excluding hydrogens is 464 g/mol. The number of unbranched alkanes of at least 4 members (excludes halogenated alkanes) is 5. The van der Waals surface area contributed by atoms with Crippen molar-refractivity contribution in [3.05, 3.63) is 34.6 Å². The van der Waals surface area contributed by atoms with Gasteiger partial charge in [-0.05, 0) is 37.1 Å². The quantitative estimate of drug-likeness (QED) is 0.256. The van der Waals surface area contributed by atoms with E-state index in [4.69, 9.17) is 4.74 Å². The summed E-state index contributed by atoms with van der Waals surface area (Å²) in [6, 6.07) is 7.75. The summed E-state index contributed by atoms with van der Waals surface area (Å²) in [7, 11) is 0. The molecule has 1 N–H and O–H groups in total. The fourth-order valence-corrected chi connectivity index (χ4v) is 4.01. The molecule has 30 heavy (non-hydrogen) atoms. The maximum Gasteiger partial charge on any atom is 0.230 e. The number of rotatable bonds is 15. The van der Waals surface area contributed by atoms with Crippen molar-refractivity contribution in [3.63, 3.8) is 0 Å². The smallest absolute Gasteiger partial charge is 0.230 e. The van der Waals surface area contributed by atoms with Crippen LogP contribution in [0.4, 0.5) is 0 Å². The maximum absolute atomic E-state index is 12.0. The second-order valence-corrected chi connectivity index (χ2v) is 9.06. The Morgan fingerprint density at radius 2 is 1.80 bits per heavy atom. The number of thioether (sulfide) groups is 1. The number of aromatic nitrogens is 3. The molecule has 0 saturated heterocycles. The lowest BCUT2D eigenvalue weighted by Crippen LogP contribution is -2.25. The molecule has 1 aromatic carbocycles. The van der Waals surface area contributed by atoms with Gasteiger partial charge < -0.3 is 14.6 Å². The van der Waals surface area contributed by atoms with Crippen LogP contribution in [0.2, 0.25) is 0 Å². The Bertz CT molecular complexity index is 752. The van der Waals surface area contributed by atoms with Gasteiger partial charge in [0.15, 0.2) is 11.0 Å². The lowest BCUT2D eigenvalue weighted by molar-refractivity contribution is -0.118. The first-order chi connectivity index (χ1) is 14.6. The van der Waals surface area contributed by atoms with Gasteiger partial charge in [0, 0.05) is 17.6 Å². The largest absolute Gasteiger partial charge is 0.486 e. The minimum atomic E-state index is 0.0311. The van der Waals surface area contributed by atoms with Crippen molar-refractivity contribution >= 4 is 33.6 Å². The molecule has 0 fully saturated rings.